The van der Waals surface area contributed by atoms with E-state index < -0.39 is 6.10 Å². The van der Waals surface area contributed by atoms with Gasteiger partial charge in [0.15, 0.2) is 0 Å². The van der Waals surface area contributed by atoms with E-state index in [1.54, 1.807) is 18.4 Å². The van der Waals surface area contributed by atoms with Gasteiger partial charge < -0.3 is 9.52 Å². The normalized spacial score (nSPS) is 12.8. The predicted octanol–water partition coefficient (Wildman–Crippen LogP) is 2.97. The summed E-state index contributed by atoms with van der Waals surface area (Å²) >= 11 is 0. The Labute approximate surface area is 112 Å². The highest BCUT2D eigenvalue weighted by molar-refractivity contribution is 5.18. The van der Waals surface area contributed by atoms with E-state index in [9.17, 15) is 9.50 Å². The molecular weight excluding hydrogens is 245 g/mol. The number of furan rings is 1. The van der Waals surface area contributed by atoms with E-state index in [0.717, 1.165) is 5.76 Å². The molecule has 0 radical (unpaired) electrons. The molecular formula is C15H18FNO2. The first-order valence-corrected chi connectivity index (χ1v) is 6.29. The van der Waals surface area contributed by atoms with Crippen LogP contribution in [0.5, 0.6) is 0 Å². The molecule has 4 heteroatoms. The SMILES string of the molecule is CN(CCC(O)c1cccc(F)c1)Cc1ccco1. The van der Waals surface area contributed by atoms with Crippen LogP contribution in [0.2, 0.25) is 0 Å². The highest BCUT2D eigenvalue weighted by atomic mass is 19.1. The lowest BCUT2D eigenvalue weighted by Gasteiger charge is -2.18. The minimum absolute atomic E-state index is 0.319. The van der Waals surface area contributed by atoms with Gasteiger partial charge in [0.1, 0.15) is 11.6 Å². The molecule has 102 valence electrons. The van der Waals surface area contributed by atoms with E-state index in [0.29, 0.717) is 25.1 Å². The summed E-state index contributed by atoms with van der Waals surface area (Å²) in [5.74, 6) is 0.572. The summed E-state index contributed by atoms with van der Waals surface area (Å²) in [6.45, 7) is 1.40. The molecule has 1 unspecified atom stereocenters. The first-order valence-electron chi connectivity index (χ1n) is 6.29. The van der Waals surface area contributed by atoms with Gasteiger partial charge in [-0.3, -0.25) is 4.90 Å². The van der Waals surface area contributed by atoms with Crippen molar-refractivity contribution in [3.8, 4) is 0 Å². The molecule has 0 amide bonds. The van der Waals surface area contributed by atoms with Crippen molar-refractivity contribution in [2.24, 2.45) is 0 Å². The Bertz CT molecular complexity index is 499. The monoisotopic (exact) mass is 263 g/mol. The smallest absolute Gasteiger partial charge is 0.123 e. The van der Waals surface area contributed by atoms with Gasteiger partial charge >= 0.3 is 0 Å². The van der Waals surface area contributed by atoms with Crippen LogP contribution < -0.4 is 0 Å². The first kappa shape index (κ1) is 13.8. The predicted molar refractivity (Wildman–Crippen MR) is 71.0 cm³/mol. The van der Waals surface area contributed by atoms with E-state index >= 15 is 0 Å². The van der Waals surface area contributed by atoms with E-state index in [2.05, 4.69) is 4.90 Å². The molecule has 1 aromatic carbocycles. The van der Waals surface area contributed by atoms with Crippen LogP contribution in [0.15, 0.2) is 47.1 Å². The quantitative estimate of drug-likeness (QED) is 0.870. The van der Waals surface area contributed by atoms with Crippen molar-refractivity contribution in [2.45, 2.75) is 19.1 Å². The molecule has 0 spiro atoms. The molecule has 1 aromatic heterocycles. The Kier molecular flexibility index (Phi) is 4.71. The van der Waals surface area contributed by atoms with E-state index in [4.69, 9.17) is 4.42 Å². The fourth-order valence-corrected chi connectivity index (χ4v) is 1.97. The molecule has 1 atom stereocenters. The van der Waals surface area contributed by atoms with Gasteiger partial charge in [-0.2, -0.15) is 0 Å². The zero-order valence-electron chi connectivity index (χ0n) is 10.9. The fourth-order valence-electron chi connectivity index (χ4n) is 1.97. The zero-order chi connectivity index (χ0) is 13.7. The molecule has 19 heavy (non-hydrogen) atoms. The van der Waals surface area contributed by atoms with E-state index in [1.165, 1.54) is 12.1 Å². The maximum Gasteiger partial charge on any atom is 0.123 e. The Balaban J connectivity index is 1.81. The maximum atomic E-state index is 13.0. The molecule has 2 rings (SSSR count). The van der Waals surface area contributed by atoms with Crippen LogP contribution in [-0.4, -0.2) is 23.6 Å². The van der Waals surface area contributed by atoms with Crippen molar-refractivity contribution in [3.05, 3.63) is 59.8 Å². The van der Waals surface area contributed by atoms with Crippen LogP contribution in [0.25, 0.3) is 0 Å². The summed E-state index contributed by atoms with van der Waals surface area (Å²) < 4.78 is 18.3. The van der Waals surface area contributed by atoms with Crippen molar-refractivity contribution in [3.63, 3.8) is 0 Å². The number of aliphatic hydroxyl groups is 1. The molecule has 0 bridgehead atoms. The Hall–Kier alpha value is -1.65. The number of hydrogen-bond acceptors (Lipinski definition) is 3. The van der Waals surface area contributed by atoms with Crippen LogP contribution in [0.1, 0.15) is 23.8 Å². The number of benzene rings is 1. The standard InChI is InChI=1S/C15H18FNO2/c1-17(11-14-6-3-9-19-14)8-7-15(18)12-4-2-5-13(16)10-12/h2-6,9-10,15,18H,7-8,11H2,1H3. The summed E-state index contributed by atoms with van der Waals surface area (Å²) in [6, 6.07) is 9.86. The minimum atomic E-state index is -0.644. The molecule has 0 aliphatic carbocycles. The fraction of sp³-hybridized carbons (Fsp3) is 0.333. The van der Waals surface area contributed by atoms with Gasteiger partial charge in [-0.15, -0.1) is 0 Å². The summed E-state index contributed by atoms with van der Waals surface area (Å²) in [7, 11) is 1.96. The summed E-state index contributed by atoms with van der Waals surface area (Å²) in [6.07, 6.45) is 1.56. The summed E-state index contributed by atoms with van der Waals surface area (Å²) in [5, 5.41) is 10.0. The summed E-state index contributed by atoms with van der Waals surface area (Å²) in [4.78, 5) is 2.06. The number of nitrogens with zero attached hydrogens (tertiary/aromatic N) is 1. The molecule has 1 N–H and O–H groups in total. The van der Waals surface area contributed by atoms with Gasteiger partial charge in [-0.05, 0) is 43.3 Å². The largest absolute Gasteiger partial charge is 0.468 e. The van der Waals surface area contributed by atoms with Gasteiger partial charge in [0.2, 0.25) is 0 Å². The second kappa shape index (κ2) is 6.50. The Morgan fingerprint density at radius 3 is 2.84 bits per heavy atom. The van der Waals surface area contributed by atoms with Crippen LogP contribution in [-0.2, 0) is 6.54 Å². The highest BCUT2D eigenvalue weighted by Gasteiger charge is 2.10. The number of aliphatic hydroxyl groups excluding tert-OH is 1. The van der Waals surface area contributed by atoms with Gasteiger partial charge in [0.05, 0.1) is 18.9 Å². The molecule has 0 fully saturated rings. The van der Waals surface area contributed by atoms with Crippen LogP contribution in [0, 0.1) is 5.82 Å². The summed E-state index contributed by atoms with van der Waals surface area (Å²) in [5.41, 5.74) is 0.617. The minimum Gasteiger partial charge on any atom is -0.468 e. The van der Waals surface area contributed by atoms with Crippen LogP contribution >= 0.6 is 0 Å². The van der Waals surface area contributed by atoms with Crippen LogP contribution in [0.3, 0.4) is 0 Å². The zero-order valence-corrected chi connectivity index (χ0v) is 10.9. The van der Waals surface area contributed by atoms with Crippen molar-refractivity contribution in [1.82, 2.24) is 4.90 Å². The third kappa shape index (κ3) is 4.19. The third-order valence-corrected chi connectivity index (χ3v) is 3.02. The van der Waals surface area contributed by atoms with Gasteiger partial charge in [0, 0.05) is 6.54 Å². The number of halogens is 1. The highest BCUT2D eigenvalue weighted by Crippen LogP contribution is 2.18. The van der Waals surface area contributed by atoms with Crippen molar-refractivity contribution >= 4 is 0 Å². The average Bonchev–Trinajstić information content (AvgIpc) is 2.88. The topological polar surface area (TPSA) is 36.6 Å². The van der Waals surface area contributed by atoms with Gasteiger partial charge in [-0.1, -0.05) is 12.1 Å². The average molecular weight is 263 g/mol. The Morgan fingerprint density at radius 2 is 2.16 bits per heavy atom. The molecule has 0 saturated carbocycles. The third-order valence-electron chi connectivity index (χ3n) is 3.02. The lowest BCUT2D eigenvalue weighted by Crippen LogP contribution is -2.20. The van der Waals surface area contributed by atoms with E-state index in [-0.39, 0.29) is 5.82 Å². The number of hydrogen-bond donors (Lipinski definition) is 1. The number of rotatable bonds is 6. The van der Waals surface area contributed by atoms with Crippen LogP contribution in [0.4, 0.5) is 4.39 Å². The lowest BCUT2D eigenvalue weighted by molar-refractivity contribution is 0.145. The van der Waals surface area contributed by atoms with Crippen molar-refractivity contribution in [1.29, 1.82) is 0 Å². The molecule has 2 aromatic rings. The molecule has 0 aliphatic heterocycles. The van der Waals surface area contributed by atoms with E-state index in [1.807, 2.05) is 19.2 Å². The van der Waals surface area contributed by atoms with Gasteiger partial charge in [0.25, 0.3) is 0 Å². The molecule has 1 heterocycles. The Morgan fingerprint density at radius 1 is 1.32 bits per heavy atom. The lowest BCUT2D eigenvalue weighted by atomic mass is 10.1. The second-order valence-corrected chi connectivity index (χ2v) is 4.68. The molecule has 3 nitrogen and oxygen atoms in total. The second-order valence-electron chi connectivity index (χ2n) is 4.68. The molecule has 0 aliphatic rings. The van der Waals surface area contributed by atoms with Gasteiger partial charge in [-0.25, -0.2) is 4.39 Å². The maximum absolute atomic E-state index is 13.0. The molecule has 0 saturated heterocycles. The van der Waals surface area contributed by atoms with Crippen molar-refractivity contribution in [2.75, 3.05) is 13.6 Å². The van der Waals surface area contributed by atoms with Crippen molar-refractivity contribution < 1.29 is 13.9 Å². The first-order chi connectivity index (χ1) is 9.15.